The number of hydrogen-bond donors (Lipinski definition) is 1. The summed E-state index contributed by atoms with van der Waals surface area (Å²) in [5.74, 6) is 0.521. The number of carbonyl (C=O) groups is 1. The summed E-state index contributed by atoms with van der Waals surface area (Å²) in [4.78, 5) is 32.3. The minimum absolute atomic E-state index is 0.0518. The molecule has 1 saturated heterocycles. The van der Waals surface area contributed by atoms with Gasteiger partial charge >= 0.3 is 0 Å². The Hall–Kier alpha value is -1.34. The van der Waals surface area contributed by atoms with Gasteiger partial charge in [-0.3, -0.25) is 9.59 Å². The molecule has 6 nitrogen and oxygen atoms in total. The van der Waals surface area contributed by atoms with Crippen LogP contribution in [0.2, 0.25) is 0 Å². The molecule has 7 heteroatoms. The predicted molar refractivity (Wildman–Crippen MR) is 77.1 cm³/mol. The van der Waals surface area contributed by atoms with Gasteiger partial charge in [0.15, 0.2) is 5.16 Å². The van der Waals surface area contributed by atoms with E-state index in [-0.39, 0.29) is 23.1 Å². The molecule has 1 amide bonds. The van der Waals surface area contributed by atoms with E-state index in [1.807, 2.05) is 13.8 Å². The first-order chi connectivity index (χ1) is 9.56. The zero-order valence-electron chi connectivity index (χ0n) is 11.7. The number of aromatic nitrogens is 2. The third-order valence-electron chi connectivity index (χ3n) is 3.03. The maximum absolute atomic E-state index is 12.0. The molecule has 0 bridgehead atoms. The number of amides is 1. The van der Waals surface area contributed by atoms with Gasteiger partial charge in [-0.2, -0.15) is 0 Å². The molecule has 1 aromatic heterocycles. The Bertz CT molecular complexity index is 524. The number of aromatic amines is 1. The van der Waals surface area contributed by atoms with Gasteiger partial charge in [0.25, 0.3) is 5.56 Å². The number of carbonyl (C=O) groups excluding carboxylic acids is 1. The van der Waals surface area contributed by atoms with E-state index < -0.39 is 0 Å². The van der Waals surface area contributed by atoms with Gasteiger partial charge in [-0.1, -0.05) is 25.6 Å². The first-order valence-electron chi connectivity index (χ1n) is 6.66. The second kappa shape index (κ2) is 6.90. The van der Waals surface area contributed by atoms with Crippen molar-refractivity contribution in [3.05, 3.63) is 22.1 Å². The van der Waals surface area contributed by atoms with Gasteiger partial charge < -0.3 is 14.6 Å². The van der Waals surface area contributed by atoms with Crippen molar-refractivity contribution in [1.29, 1.82) is 0 Å². The Morgan fingerprint density at radius 1 is 1.50 bits per heavy atom. The van der Waals surface area contributed by atoms with Crippen LogP contribution >= 0.6 is 11.8 Å². The molecule has 110 valence electrons. The molecule has 1 aliphatic rings. The number of rotatable bonds is 4. The second-order valence-electron chi connectivity index (χ2n) is 4.91. The average Bonchev–Trinajstić information content (AvgIpc) is 2.45. The van der Waals surface area contributed by atoms with Crippen molar-refractivity contribution in [2.75, 3.05) is 32.1 Å². The standard InChI is InChI=1S/C13H19N3O3S/c1-9(2)10-7-11(17)15-13(14-10)20-8-12(18)16-3-5-19-6-4-16/h7,9H,3-6,8H2,1-2H3,(H,14,15,17). The van der Waals surface area contributed by atoms with Crippen molar-refractivity contribution in [3.8, 4) is 0 Å². The van der Waals surface area contributed by atoms with Crippen molar-refractivity contribution >= 4 is 17.7 Å². The predicted octanol–water partition coefficient (Wildman–Crippen LogP) is 0.844. The van der Waals surface area contributed by atoms with Crippen LogP contribution in [0.3, 0.4) is 0 Å². The van der Waals surface area contributed by atoms with Gasteiger partial charge in [-0.05, 0) is 5.92 Å². The van der Waals surface area contributed by atoms with Gasteiger partial charge in [0.05, 0.1) is 24.7 Å². The quantitative estimate of drug-likeness (QED) is 0.658. The van der Waals surface area contributed by atoms with Crippen LogP contribution in [0.1, 0.15) is 25.5 Å². The third kappa shape index (κ3) is 4.08. The lowest BCUT2D eigenvalue weighted by Crippen LogP contribution is -2.41. The lowest BCUT2D eigenvalue weighted by Gasteiger charge is -2.26. The van der Waals surface area contributed by atoms with Gasteiger partial charge in [0.1, 0.15) is 0 Å². The molecular formula is C13H19N3O3S. The highest BCUT2D eigenvalue weighted by Crippen LogP contribution is 2.16. The maximum atomic E-state index is 12.0. The number of ether oxygens (including phenoxy) is 1. The van der Waals surface area contributed by atoms with Crippen molar-refractivity contribution in [2.45, 2.75) is 24.9 Å². The van der Waals surface area contributed by atoms with E-state index in [1.54, 1.807) is 4.90 Å². The van der Waals surface area contributed by atoms with Crippen LogP contribution in [0.15, 0.2) is 16.0 Å². The van der Waals surface area contributed by atoms with Gasteiger partial charge in [0.2, 0.25) is 5.91 Å². The summed E-state index contributed by atoms with van der Waals surface area (Å²) in [5, 5.41) is 0.503. The molecule has 0 atom stereocenters. The Labute approximate surface area is 121 Å². The number of H-pyrrole nitrogens is 1. The fourth-order valence-corrected chi connectivity index (χ4v) is 2.64. The molecule has 1 N–H and O–H groups in total. The van der Waals surface area contributed by atoms with Gasteiger partial charge in [0, 0.05) is 19.2 Å². The Balaban J connectivity index is 1.96. The van der Waals surface area contributed by atoms with Crippen LogP contribution in [-0.2, 0) is 9.53 Å². The SMILES string of the molecule is CC(C)c1cc(=O)[nH]c(SCC(=O)N2CCOCC2)n1. The van der Waals surface area contributed by atoms with E-state index in [4.69, 9.17) is 4.74 Å². The Morgan fingerprint density at radius 2 is 2.20 bits per heavy atom. The molecule has 0 saturated carbocycles. The topological polar surface area (TPSA) is 75.3 Å². The second-order valence-corrected chi connectivity index (χ2v) is 5.88. The lowest BCUT2D eigenvalue weighted by atomic mass is 10.1. The number of nitrogens with one attached hydrogen (secondary N) is 1. The highest BCUT2D eigenvalue weighted by molar-refractivity contribution is 7.99. The van der Waals surface area contributed by atoms with E-state index in [0.29, 0.717) is 31.5 Å². The average molecular weight is 297 g/mol. The molecule has 2 heterocycles. The summed E-state index contributed by atoms with van der Waals surface area (Å²) < 4.78 is 5.21. The summed E-state index contributed by atoms with van der Waals surface area (Å²) in [6.07, 6.45) is 0. The fourth-order valence-electron chi connectivity index (χ4n) is 1.85. The summed E-state index contributed by atoms with van der Waals surface area (Å²) in [6, 6.07) is 1.50. The van der Waals surface area contributed by atoms with E-state index in [1.165, 1.54) is 17.8 Å². The molecule has 0 unspecified atom stereocenters. The van der Waals surface area contributed by atoms with E-state index in [0.717, 1.165) is 5.69 Å². The fraction of sp³-hybridized carbons (Fsp3) is 0.615. The van der Waals surface area contributed by atoms with Gasteiger partial charge in [-0.15, -0.1) is 0 Å². The zero-order valence-corrected chi connectivity index (χ0v) is 12.5. The summed E-state index contributed by atoms with van der Waals surface area (Å²) in [7, 11) is 0. The highest BCUT2D eigenvalue weighted by Gasteiger charge is 2.17. The number of morpholine rings is 1. The van der Waals surface area contributed by atoms with Crippen molar-refractivity contribution < 1.29 is 9.53 Å². The molecule has 1 aromatic rings. The summed E-state index contributed by atoms with van der Waals surface area (Å²) in [5.41, 5.74) is 0.570. The molecule has 1 fully saturated rings. The largest absolute Gasteiger partial charge is 0.378 e. The monoisotopic (exact) mass is 297 g/mol. The van der Waals surface area contributed by atoms with Crippen LogP contribution < -0.4 is 5.56 Å². The molecule has 0 aliphatic carbocycles. The smallest absolute Gasteiger partial charge is 0.251 e. The van der Waals surface area contributed by atoms with Crippen molar-refractivity contribution in [2.24, 2.45) is 0 Å². The normalized spacial score (nSPS) is 15.7. The molecule has 1 aliphatic heterocycles. The molecule has 20 heavy (non-hydrogen) atoms. The lowest BCUT2D eigenvalue weighted by molar-refractivity contribution is -0.132. The van der Waals surface area contributed by atoms with Crippen LogP contribution in [0.4, 0.5) is 0 Å². The summed E-state index contributed by atoms with van der Waals surface area (Å²) in [6.45, 7) is 6.41. The van der Waals surface area contributed by atoms with E-state index in [2.05, 4.69) is 9.97 Å². The van der Waals surface area contributed by atoms with Crippen LogP contribution in [0.5, 0.6) is 0 Å². The Kier molecular flexibility index (Phi) is 5.19. The van der Waals surface area contributed by atoms with Crippen molar-refractivity contribution in [3.63, 3.8) is 0 Å². The molecule has 2 rings (SSSR count). The number of nitrogens with zero attached hydrogens (tertiary/aromatic N) is 2. The van der Waals surface area contributed by atoms with E-state index in [9.17, 15) is 9.59 Å². The van der Waals surface area contributed by atoms with Gasteiger partial charge in [-0.25, -0.2) is 4.98 Å². The zero-order chi connectivity index (χ0) is 14.5. The molecule has 0 spiro atoms. The molecule has 0 radical (unpaired) electrons. The number of thioether (sulfide) groups is 1. The molecular weight excluding hydrogens is 278 g/mol. The van der Waals surface area contributed by atoms with Crippen LogP contribution in [0, 0.1) is 0 Å². The van der Waals surface area contributed by atoms with Crippen molar-refractivity contribution in [1.82, 2.24) is 14.9 Å². The highest BCUT2D eigenvalue weighted by atomic mass is 32.2. The maximum Gasteiger partial charge on any atom is 0.251 e. The minimum atomic E-state index is -0.176. The first-order valence-corrected chi connectivity index (χ1v) is 7.64. The van der Waals surface area contributed by atoms with Crippen LogP contribution in [0.25, 0.3) is 0 Å². The molecule has 0 aromatic carbocycles. The van der Waals surface area contributed by atoms with Crippen LogP contribution in [-0.4, -0.2) is 52.8 Å². The number of hydrogen-bond acceptors (Lipinski definition) is 5. The van der Waals surface area contributed by atoms with E-state index >= 15 is 0 Å². The minimum Gasteiger partial charge on any atom is -0.378 e. The Morgan fingerprint density at radius 3 is 2.85 bits per heavy atom. The third-order valence-corrected chi connectivity index (χ3v) is 3.89. The first kappa shape index (κ1) is 15.1. The summed E-state index contributed by atoms with van der Waals surface area (Å²) >= 11 is 1.27.